The van der Waals surface area contributed by atoms with Crippen molar-refractivity contribution in [1.82, 2.24) is 9.03 Å². The lowest BCUT2D eigenvalue weighted by Gasteiger charge is -2.15. The molecule has 0 spiro atoms. The molecule has 0 aliphatic carbocycles. The SMILES string of the molecule is CCCNS(=O)(=O)N1CCCC1. The molecule has 1 N–H and O–H groups in total. The van der Waals surface area contributed by atoms with Gasteiger partial charge >= 0.3 is 0 Å². The van der Waals surface area contributed by atoms with Crippen molar-refractivity contribution in [3.05, 3.63) is 0 Å². The molecule has 1 rings (SSSR count). The Kier molecular flexibility index (Phi) is 3.49. The Morgan fingerprint density at radius 1 is 1.33 bits per heavy atom. The van der Waals surface area contributed by atoms with E-state index in [4.69, 9.17) is 0 Å². The fourth-order valence-corrected chi connectivity index (χ4v) is 2.63. The van der Waals surface area contributed by atoms with Gasteiger partial charge < -0.3 is 0 Å². The van der Waals surface area contributed by atoms with Crippen molar-refractivity contribution in [2.75, 3.05) is 19.6 Å². The highest BCUT2D eigenvalue weighted by atomic mass is 32.2. The molecule has 0 aromatic rings. The zero-order valence-corrected chi connectivity index (χ0v) is 8.23. The van der Waals surface area contributed by atoms with Crippen molar-refractivity contribution in [3.63, 3.8) is 0 Å². The second-order valence-electron chi connectivity index (χ2n) is 3.01. The zero-order valence-electron chi connectivity index (χ0n) is 7.41. The van der Waals surface area contributed by atoms with Crippen molar-refractivity contribution in [2.24, 2.45) is 0 Å². The Morgan fingerprint density at radius 2 is 1.92 bits per heavy atom. The van der Waals surface area contributed by atoms with E-state index >= 15 is 0 Å². The molecule has 1 saturated heterocycles. The Labute approximate surface area is 74.1 Å². The van der Waals surface area contributed by atoms with Crippen LogP contribution in [0.5, 0.6) is 0 Å². The first-order chi connectivity index (χ1) is 5.67. The molecule has 1 fully saturated rings. The summed E-state index contributed by atoms with van der Waals surface area (Å²) in [5.41, 5.74) is 0. The predicted molar refractivity (Wildman–Crippen MR) is 48.0 cm³/mol. The lowest BCUT2D eigenvalue weighted by Crippen LogP contribution is -2.39. The van der Waals surface area contributed by atoms with Crippen LogP contribution in [-0.2, 0) is 10.2 Å². The number of nitrogens with zero attached hydrogens (tertiary/aromatic N) is 1. The second-order valence-corrected chi connectivity index (χ2v) is 4.76. The Morgan fingerprint density at radius 3 is 2.42 bits per heavy atom. The van der Waals surface area contributed by atoms with Gasteiger partial charge in [0, 0.05) is 19.6 Å². The fourth-order valence-electron chi connectivity index (χ4n) is 1.25. The van der Waals surface area contributed by atoms with Gasteiger partial charge in [-0.1, -0.05) is 6.92 Å². The molecule has 4 nitrogen and oxygen atoms in total. The van der Waals surface area contributed by atoms with Gasteiger partial charge in [0.25, 0.3) is 10.2 Å². The first-order valence-electron chi connectivity index (χ1n) is 4.41. The van der Waals surface area contributed by atoms with Gasteiger partial charge in [0.2, 0.25) is 0 Å². The predicted octanol–water partition coefficient (Wildman–Crippen LogP) is 0.327. The van der Waals surface area contributed by atoms with E-state index in [1.165, 1.54) is 4.31 Å². The third kappa shape index (κ3) is 2.43. The van der Waals surface area contributed by atoms with Crippen molar-refractivity contribution in [2.45, 2.75) is 26.2 Å². The quantitative estimate of drug-likeness (QED) is 0.697. The lowest BCUT2D eigenvalue weighted by molar-refractivity contribution is 0.465. The van der Waals surface area contributed by atoms with E-state index in [0.29, 0.717) is 19.6 Å². The Hall–Kier alpha value is -0.130. The summed E-state index contributed by atoms with van der Waals surface area (Å²) >= 11 is 0. The maximum Gasteiger partial charge on any atom is 0.279 e. The number of nitrogens with one attached hydrogen (secondary N) is 1. The van der Waals surface area contributed by atoms with Crippen LogP contribution < -0.4 is 4.72 Å². The minimum atomic E-state index is -3.14. The van der Waals surface area contributed by atoms with Gasteiger partial charge in [0.15, 0.2) is 0 Å². The average molecular weight is 192 g/mol. The Balaban J connectivity index is 2.46. The molecule has 0 unspecified atom stereocenters. The highest BCUT2D eigenvalue weighted by Gasteiger charge is 2.23. The van der Waals surface area contributed by atoms with E-state index in [1.54, 1.807) is 0 Å². The first-order valence-corrected chi connectivity index (χ1v) is 5.85. The van der Waals surface area contributed by atoms with E-state index in [2.05, 4.69) is 4.72 Å². The minimum Gasteiger partial charge on any atom is -0.202 e. The number of hydrogen-bond acceptors (Lipinski definition) is 2. The summed E-state index contributed by atoms with van der Waals surface area (Å²) < 4.78 is 26.9. The number of rotatable bonds is 4. The average Bonchev–Trinajstić information content (AvgIpc) is 2.53. The molecular formula is C7H16N2O2S. The van der Waals surface area contributed by atoms with E-state index in [0.717, 1.165) is 19.3 Å². The standard InChI is InChI=1S/C7H16N2O2S/c1-2-5-8-12(10,11)9-6-3-4-7-9/h8H,2-7H2,1H3. The fraction of sp³-hybridized carbons (Fsp3) is 1.00. The lowest BCUT2D eigenvalue weighted by atomic mass is 10.4. The van der Waals surface area contributed by atoms with E-state index < -0.39 is 10.2 Å². The van der Waals surface area contributed by atoms with Crippen LogP contribution in [0.25, 0.3) is 0 Å². The second kappa shape index (κ2) is 4.20. The van der Waals surface area contributed by atoms with Crippen molar-refractivity contribution < 1.29 is 8.42 Å². The number of hydrogen-bond donors (Lipinski definition) is 1. The molecule has 12 heavy (non-hydrogen) atoms. The molecular weight excluding hydrogens is 176 g/mol. The van der Waals surface area contributed by atoms with Gasteiger partial charge in [-0.15, -0.1) is 0 Å². The van der Waals surface area contributed by atoms with Crippen LogP contribution in [0.1, 0.15) is 26.2 Å². The summed E-state index contributed by atoms with van der Waals surface area (Å²) in [7, 11) is -3.14. The molecule has 0 aromatic carbocycles. The summed E-state index contributed by atoms with van der Waals surface area (Å²) in [5.74, 6) is 0. The molecule has 0 amide bonds. The highest BCUT2D eigenvalue weighted by Crippen LogP contribution is 2.10. The van der Waals surface area contributed by atoms with Crippen LogP contribution in [0.4, 0.5) is 0 Å². The maximum atomic E-state index is 11.4. The smallest absolute Gasteiger partial charge is 0.202 e. The van der Waals surface area contributed by atoms with Gasteiger partial charge in [0.1, 0.15) is 0 Å². The molecule has 72 valence electrons. The van der Waals surface area contributed by atoms with Crippen LogP contribution in [0.15, 0.2) is 0 Å². The molecule has 1 aliphatic rings. The maximum absolute atomic E-state index is 11.4. The van der Waals surface area contributed by atoms with Crippen molar-refractivity contribution in [3.8, 4) is 0 Å². The van der Waals surface area contributed by atoms with Gasteiger partial charge in [-0.25, -0.2) is 4.72 Å². The summed E-state index contributed by atoms with van der Waals surface area (Å²) in [5, 5.41) is 0. The van der Waals surface area contributed by atoms with Crippen LogP contribution in [0.3, 0.4) is 0 Å². The molecule has 0 saturated carbocycles. The van der Waals surface area contributed by atoms with E-state index in [-0.39, 0.29) is 0 Å². The highest BCUT2D eigenvalue weighted by molar-refractivity contribution is 7.87. The topological polar surface area (TPSA) is 49.4 Å². The van der Waals surface area contributed by atoms with Crippen LogP contribution in [0, 0.1) is 0 Å². The summed E-state index contributed by atoms with van der Waals surface area (Å²) in [6.45, 7) is 3.85. The third-order valence-electron chi connectivity index (χ3n) is 1.94. The first kappa shape index (κ1) is 9.95. The van der Waals surface area contributed by atoms with Crippen molar-refractivity contribution >= 4 is 10.2 Å². The van der Waals surface area contributed by atoms with E-state index in [9.17, 15) is 8.42 Å². The van der Waals surface area contributed by atoms with Crippen LogP contribution >= 0.6 is 0 Å². The van der Waals surface area contributed by atoms with Gasteiger partial charge in [0.05, 0.1) is 0 Å². The molecule has 1 aliphatic heterocycles. The Bertz CT molecular complexity index is 220. The summed E-state index contributed by atoms with van der Waals surface area (Å²) in [6, 6.07) is 0. The normalized spacial score (nSPS) is 20.1. The van der Waals surface area contributed by atoms with Crippen LogP contribution in [0.2, 0.25) is 0 Å². The summed E-state index contributed by atoms with van der Waals surface area (Å²) in [6.07, 6.45) is 2.83. The minimum absolute atomic E-state index is 0.541. The van der Waals surface area contributed by atoms with E-state index in [1.807, 2.05) is 6.92 Å². The van der Waals surface area contributed by atoms with Gasteiger partial charge in [-0.3, -0.25) is 0 Å². The molecule has 0 aromatic heterocycles. The summed E-state index contributed by atoms with van der Waals surface area (Å²) in [4.78, 5) is 0. The monoisotopic (exact) mass is 192 g/mol. The van der Waals surface area contributed by atoms with Gasteiger partial charge in [-0.05, 0) is 19.3 Å². The molecule has 5 heteroatoms. The third-order valence-corrected chi connectivity index (χ3v) is 3.55. The van der Waals surface area contributed by atoms with Crippen molar-refractivity contribution in [1.29, 1.82) is 0 Å². The zero-order chi connectivity index (χ0) is 9.03. The molecule has 0 atom stereocenters. The molecule has 0 radical (unpaired) electrons. The molecule has 0 bridgehead atoms. The molecule has 1 heterocycles. The van der Waals surface area contributed by atoms with Gasteiger partial charge in [-0.2, -0.15) is 12.7 Å². The largest absolute Gasteiger partial charge is 0.279 e. The van der Waals surface area contributed by atoms with Crippen LogP contribution in [-0.4, -0.2) is 32.4 Å².